The van der Waals surface area contributed by atoms with Crippen molar-refractivity contribution in [2.75, 3.05) is 11.9 Å². The second-order valence-corrected chi connectivity index (χ2v) is 6.40. The first-order valence-corrected chi connectivity index (χ1v) is 8.00. The summed E-state index contributed by atoms with van der Waals surface area (Å²) in [6.45, 7) is 2.92. The minimum absolute atomic E-state index is 0.560. The molecule has 1 aliphatic rings. The fraction of sp³-hybridized carbons (Fsp3) is 0.500. The van der Waals surface area contributed by atoms with Crippen molar-refractivity contribution in [1.29, 1.82) is 0 Å². The van der Waals surface area contributed by atoms with Crippen LogP contribution in [0.25, 0.3) is 10.9 Å². The minimum Gasteiger partial charge on any atom is -0.357 e. The molecule has 2 N–H and O–H groups in total. The molecule has 0 saturated heterocycles. The van der Waals surface area contributed by atoms with Crippen molar-refractivity contribution >= 4 is 16.7 Å². The molecule has 3 rings (SSSR count). The number of para-hydroxylation sites is 1. The molecule has 3 heteroatoms. The Kier molecular flexibility index (Phi) is 4.11. The molecule has 2 aromatic rings. The van der Waals surface area contributed by atoms with Crippen molar-refractivity contribution in [3.8, 4) is 0 Å². The Morgan fingerprint density at radius 2 is 2.10 bits per heavy atom. The molecule has 0 aliphatic heterocycles. The van der Waals surface area contributed by atoms with Crippen molar-refractivity contribution < 1.29 is 0 Å². The van der Waals surface area contributed by atoms with E-state index in [4.69, 9.17) is 10.7 Å². The molecular weight excluding hydrogens is 258 g/mol. The molecule has 112 valence electrons. The minimum atomic E-state index is 0.560. The van der Waals surface area contributed by atoms with Crippen LogP contribution in [0.1, 0.15) is 38.2 Å². The molecule has 21 heavy (non-hydrogen) atoms. The summed E-state index contributed by atoms with van der Waals surface area (Å²) in [7, 11) is 2.18. The second-order valence-electron chi connectivity index (χ2n) is 6.40. The van der Waals surface area contributed by atoms with Crippen LogP contribution in [-0.2, 0) is 6.54 Å². The van der Waals surface area contributed by atoms with Gasteiger partial charge >= 0.3 is 0 Å². The molecule has 0 bridgehead atoms. The van der Waals surface area contributed by atoms with Crippen LogP contribution in [-0.4, -0.2) is 18.1 Å². The van der Waals surface area contributed by atoms with Crippen LogP contribution in [0.4, 0.5) is 5.82 Å². The van der Waals surface area contributed by atoms with Crippen molar-refractivity contribution in [3.05, 3.63) is 35.9 Å². The van der Waals surface area contributed by atoms with E-state index < -0.39 is 0 Å². The summed E-state index contributed by atoms with van der Waals surface area (Å²) in [5.74, 6) is 1.88. The number of hydrogen-bond donors (Lipinski definition) is 1. The average molecular weight is 283 g/mol. The number of nitrogens with two attached hydrogens (primary N) is 1. The molecule has 1 aliphatic carbocycles. The third-order valence-corrected chi connectivity index (χ3v) is 4.83. The number of fused-ring (bicyclic) bond motifs is 1. The van der Waals surface area contributed by atoms with Gasteiger partial charge in [0, 0.05) is 25.0 Å². The van der Waals surface area contributed by atoms with Crippen LogP contribution in [0.15, 0.2) is 30.3 Å². The maximum Gasteiger partial charge on any atom is 0.129 e. The van der Waals surface area contributed by atoms with E-state index in [2.05, 4.69) is 43.1 Å². The number of hydrogen-bond acceptors (Lipinski definition) is 3. The third-order valence-electron chi connectivity index (χ3n) is 4.83. The molecule has 2 atom stereocenters. The molecule has 0 spiro atoms. The number of anilines is 1. The summed E-state index contributed by atoms with van der Waals surface area (Å²) < 4.78 is 0. The molecule has 3 nitrogen and oxygen atoms in total. The summed E-state index contributed by atoms with van der Waals surface area (Å²) >= 11 is 0. The topological polar surface area (TPSA) is 42.1 Å². The number of rotatable bonds is 3. The lowest BCUT2D eigenvalue weighted by Gasteiger charge is -2.35. The van der Waals surface area contributed by atoms with Gasteiger partial charge in [-0.1, -0.05) is 38.0 Å². The number of benzene rings is 1. The Morgan fingerprint density at radius 3 is 2.86 bits per heavy atom. The Bertz CT molecular complexity index is 623. The molecule has 1 aromatic heterocycles. The summed E-state index contributed by atoms with van der Waals surface area (Å²) in [6, 6.07) is 11.1. The Balaban J connectivity index is 1.95. The average Bonchev–Trinajstić information content (AvgIpc) is 2.53. The second kappa shape index (κ2) is 6.02. The van der Waals surface area contributed by atoms with Crippen molar-refractivity contribution in [2.45, 2.75) is 45.2 Å². The van der Waals surface area contributed by atoms with Crippen LogP contribution >= 0.6 is 0 Å². The van der Waals surface area contributed by atoms with Crippen LogP contribution in [0.2, 0.25) is 0 Å². The number of aromatic nitrogens is 1. The first-order chi connectivity index (χ1) is 10.2. The standard InChI is InChI=1S/C18H25N3/c1-13-6-5-7-15(10-13)21(2)18-11-14(12-19)16-8-3-4-9-17(16)20-18/h3-4,8-9,11,13,15H,5-7,10,12,19H2,1-2H3. The predicted molar refractivity (Wildman–Crippen MR) is 89.5 cm³/mol. The molecule has 1 saturated carbocycles. The van der Waals surface area contributed by atoms with E-state index >= 15 is 0 Å². The first-order valence-electron chi connectivity index (χ1n) is 8.00. The lowest BCUT2D eigenvalue weighted by Crippen LogP contribution is -2.36. The zero-order chi connectivity index (χ0) is 14.8. The highest BCUT2D eigenvalue weighted by atomic mass is 15.2. The normalized spacial score (nSPS) is 22.4. The summed E-state index contributed by atoms with van der Waals surface area (Å²) in [5.41, 5.74) is 8.17. The summed E-state index contributed by atoms with van der Waals surface area (Å²) in [4.78, 5) is 7.22. The lowest BCUT2D eigenvalue weighted by atomic mass is 9.86. The van der Waals surface area contributed by atoms with E-state index in [0.717, 1.165) is 17.3 Å². The molecule has 0 radical (unpaired) electrons. The van der Waals surface area contributed by atoms with Gasteiger partial charge in [-0.05, 0) is 36.5 Å². The van der Waals surface area contributed by atoms with E-state index in [0.29, 0.717) is 12.6 Å². The Labute approximate surface area is 127 Å². The van der Waals surface area contributed by atoms with Gasteiger partial charge in [0.25, 0.3) is 0 Å². The third kappa shape index (κ3) is 2.88. The molecule has 0 amide bonds. The zero-order valence-corrected chi connectivity index (χ0v) is 13.0. The predicted octanol–water partition coefficient (Wildman–Crippen LogP) is 3.71. The van der Waals surface area contributed by atoms with Gasteiger partial charge < -0.3 is 10.6 Å². The fourth-order valence-electron chi connectivity index (χ4n) is 3.52. The number of nitrogens with zero attached hydrogens (tertiary/aromatic N) is 2. The fourth-order valence-corrected chi connectivity index (χ4v) is 3.52. The van der Waals surface area contributed by atoms with Crippen LogP contribution in [0.5, 0.6) is 0 Å². The van der Waals surface area contributed by atoms with E-state index in [1.165, 1.54) is 36.6 Å². The Morgan fingerprint density at radius 1 is 1.29 bits per heavy atom. The van der Waals surface area contributed by atoms with Gasteiger partial charge in [-0.15, -0.1) is 0 Å². The maximum absolute atomic E-state index is 5.94. The van der Waals surface area contributed by atoms with Gasteiger partial charge in [0.1, 0.15) is 5.82 Å². The quantitative estimate of drug-likeness (QED) is 0.933. The highest BCUT2D eigenvalue weighted by Crippen LogP contribution is 2.30. The lowest BCUT2D eigenvalue weighted by molar-refractivity contribution is 0.335. The molecular formula is C18H25N3. The maximum atomic E-state index is 5.94. The highest BCUT2D eigenvalue weighted by Gasteiger charge is 2.23. The Hall–Kier alpha value is -1.61. The summed E-state index contributed by atoms with van der Waals surface area (Å²) in [6.07, 6.45) is 5.23. The van der Waals surface area contributed by atoms with Gasteiger partial charge in [0.2, 0.25) is 0 Å². The zero-order valence-electron chi connectivity index (χ0n) is 13.0. The van der Waals surface area contributed by atoms with E-state index in [1.54, 1.807) is 0 Å². The van der Waals surface area contributed by atoms with Crippen LogP contribution < -0.4 is 10.6 Å². The molecule has 1 aromatic carbocycles. The van der Waals surface area contributed by atoms with Gasteiger partial charge in [0.05, 0.1) is 5.52 Å². The largest absolute Gasteiger partial charge is 0.357 e. The summed E-state index contributed by atoms with van der Waals surface area (Å²) in [5, 5.41) is 1.18. The van der Waals surface area contributed by atoms with E-state index in [-0.39, 0.29) is 0 Å². The SMILES string of the molecule is CC1CCCC(N(C)c2cc(CN)c3ccccc3n2)C1. The van der Waals surface area contributed by atoms with Crippen molar-refractivity contribution in [3.63, 3.8) is 0 Å². The number of pyridine rings is 1. The van der Waals surface area contributed by atoms with Gasteiger partial charge in [-0.3, -0.25) is 0 Å². The van der Waals surface area contributed by atoms with Crippen molar-refractivity contribution in [1.82, 2.24) is 4.98 Å². The highest BCUT2D eigenvalue weighted by molar-refractivity contribution is 5.84. The van der Waals surface area contributed by atoms with E-state index in [1.807, 2.05) is 6.07 Å². The van der Waals surface area contributed by atoms with Crippen LogP contribution in [0.3, 0.4) is 0 Å². The van der Waals surface area contributed by atoms with Gasteiger partial charge in [-0.25, -0.2) is 4.98 Å². The van der Waals surface area contributed by atoms with Crippen LogP contribution in [0, 0.1) is 5.92 Å². The van der Waals surface area contributed by atoms with Gasteiger partial charge in [0.15, 0.2) is 0 Å². The molecule has 2 unspecified atom stereocenters. The smallest absolute Gasteiger partial charge is 0.129 e. The first kappa shape index (κ1) is 14.3. The monoisotopic (exact) mass is 283 g/mol. The van der Waals surface area contributed by atoms with E-state index in [9.17, 15) is 0 Å². The molecule has 1 fully saturated rings. The molecule has 1 heterocycles. The van der Waals surface area contributed by atoms with Gasteiger partial charge in [-0.2, -0.15) is 0 Å². The van der Waals surface area contributed by atoms with Crippen molar-refractivity contribution in [2.24, 2.45) is 11.7 Å².